The third-order valence-electron chi connectivity index (χ3n) is 2.61. The lowest BCUT2D eigenvalue weighted by molar-refractivity contribution is 0.347. The molecule has 0 aliphatic rings. The Morgan fingerprint density at radius 2 is 1.89 bits per heavy atom. The van der Waals surface area contributed by atoms with Gasteiger partial charge in [-0.1, -0.05) is 35.4 Å². The SMILES string of the molecule is C=CCCC=C(C)COS(=O)(=O)c1ccc(C)cc1. The number of aryl methyl sites for hydroxylation is 1. The normalized spacial score (nSPS) is 12.4. The Bertz CT molecular complexity index is 539. The topological polar surface area (TPSA) is 43.4 Å². The van der Waals surface area contributed by atoms with Crippen LogP contribution in [0.15, 0.2) is 53.5 Å². The molecule has 19 heavy (non-hydrogen) atoms. The number of benzene rings is 1. The van der Waals surface area contributed by atoms with Crippen molar-refractivity contribution < 1.29 is 12.6 Å². The van der Waals surface area contributed by atoms with Crippen LogP contribution in [0.25, 0.3) is 0 Å². The molecular formula is C15H20O3S. The summed E-state index contributed by atoms with van der Waals surface area (Å²) in [5, 5.41) is 0. The zero-order chi connectivity index (χ0) is 14.3. The van der Waals surface area contributed by atoms with Gasteiger partial charge in [0.2, 0.25) is 0 Å². The Morgan fingerprint density at radius 1 is 1.26 bits per heavy atom. The Hall–Kier alpha value is -1.39. The van der Waals surface area contributed by atoms with Gasteiger partial charge in [-0.15, -0.1) is 6.58 Å². The summed E-state index contributed by atoms with van der Waals surface area (Å²) < 4.78 is 28.9. The van der Waals surface area contributed by atoms with E-state index >= 15 is 0 Å². The molecule has 104 valence electrons. The van der Waals surface area contributed by atoms with Crippen LogP contribution in [0.4, 0.5) is 0 Å². The van der Waals surface area contributed by atoms with E-state index < -0.39 is 10.1 Å². The molecule has 1 aromatic carbocycles. The summed E-state index contributed by atoms with van der Waals surface area (Å²) in [7, 11) is -3.66. The minimum atomic E-state index is -3.66. The fraction of sp³-hybridized carbons (Fsp3) is 0.333. The molecule has 0 amide bonds. The van der Waals surface area contributed by atoms with E-state index in [1.165, 1.54) is 0 Å². The first-order valence-corrected chi connectivity index (χ1v) is 7.59. The van der Waals surface area contributed by atoms with Crippen molar-refractivity contribution in [2.75, 3.05) is 6.61 Å². The minimum absolute atomic E-state index is 0.0906. The summed E-state index contributed by atoms with van der Waals surface area (Å²) in [5.74, 6) is 0. The molecule has 0 saturated heterocycles. The number of rotatable bonds is 7. The van der Waals surface area contributed by atoms with Crippen LogP contribution < -0.4 is 0 Å². The molecule has 0 spiro atoms. The predicted octanol–water partition coefficient (Wildman–Crippen LogP) is 3.61. The molecule has 1 rings (SSSR count). The van der Waals surface area contributed by atoms with Gasteiger partial charge >= 0.3 is 0 Å². The summed E-state index contributed by atoms with van der Waals surface area (Å²) in [6.07, 6.45) is 5.52. The molecule has 0 atom stereocenters. The Kier molecular flexibility index (Phi) is 5.99. The van der Waals surface area contributed by atoms with Crippen molar-refractivity contribution in [1.82, 2.24) is 0 Å². The van der Waals surface area contributed by atoms with E-state index in [4.69, 9.17) is 4.18 Å². The lowest BCUT2D eigenvalue weighted by atomic mass is 10.2. The largest absolute Gasteiger partial charge is 0.297 e. The number of hydrogen-bond donors (Lipinski definition) is 0. The van der Waals surface area contributed by atoms with Crippen molar-refractivity contribution in [2.24, 2.45) is 0 Å². The van der Waals surface area contributed by atoms with Gasteiger partial charge in [0.25, 0.3) is 10.1 Å². The molecule has 0 aliphatic heterocycles. The van der Waals surface area contributed by atoms with Crippen molar-refractivity contribution in [3.63, 3.8) is 0 Å². The van der Waals surface area contributed by atoms with Crippen LogP contribution in [-0.4, -0.2) is 15.0 Å². The molecule has 3 nitrogen and oxygen atoms in total. The van der Waals surface area contributed by atoms with Gasteiger partial charge in [0.1, 0.15) is 0 Å². The monoisotopic (exact) mass is 280 g/mol. The molecule has 0 N–H and O–H groups in total. The first kappa shape index (κ1) is 15.7. The van der Waals surface area contributed by atoms with Crippen LogP contribution in [-0.2, 0) is 14.3 Å². The summed E-state index contributed by atoms with van der Waals surface area (Å²) in [4.78, 5) is 0.192. The van der Waals surface area contributed by atoms with Crippen LogP contribution in [0.3, 0.4) is 0 Å². The van der Waals surface area contributed by atoms with E-state index in [2.05, 4.69) is 6.58 Å². The zero-order valence-electron chi connectivity index (χ0n) is 11.4. The number of unbranched alkanes of at least 4 members (excludes halogenated alkanes) is 1. The average Bonchev–Trinajstić information content (AvgIpc) is 2.37. The predicted molar refractivity (Wildman–Crippen MR) is 77.5 cm³/mol. The van der Waals surface area contributed by atoms with Gasteiger partial charge in [0, 0.05) is 0 Å². The van der Waals surface area contributed by atoms with Crippen LogP contribution in [0.5, 0.6) is 0 Å². The fourth-order valence-electron chi connectivity index (χ4n) is 1.45. The Morgan fingerprint density at radius 3 is 2.47 bits per heavy atom. The second-order valence-corrected chi connectivity index (χ2v) is 6.06. The highest BCUT2D eigenvalue weighted by Crippen LogP contribution is 2.14. The van der Waals surface area contributed by atoms with Crippen LogP contribution >= 0.6 is 0 Å². The van der Waals surface area contributed by atoms with Gasteiger partial charge < -0.3 is 0 Å². The third-order valence-corrected chi connectivity index (χ3v) is 3.89. The second-order valence-electron chi connectivity index (χ2n) is 4.45. The molecule has 0 fully saturated rings. The molecule has 0 aliphatic carbocycles. The van der Waals surface area contributed by atoms with Crippen molar-refractivity contribution >= 4 is 10.1 Å². The Labute approximate surface area is 115 Å². The molecule has 0 bridgehead atoms. The molecule has 1 aromatic rings. The first-order chi connectivity index (χ1) is 8.95. The van der Waals surface area contributed by atoms with Gasteiger partial charge in [-0.2, -0.15) is 8.42 Å². The van der Waals surface area contributed by atoms with Gasteiger partial charge in [0.15, 0.2) is 0 Å². The summed E-state index contributed by atoms with van der Waals surface area (Å²) in [6.45, 7) is 7.49. The van der Waals surface area contributed by atoms with Gasteiger partial charge in [-0.05, 0) is 38.8 Å². The summed E-state index contributed by atoms with van der Waals surface area (Å²) in [6, 6.07) is 6.62. The minimum Gasteiger partial charge on any atom is -0.262 e. The van der Waals surface area contributed by atoms with Gasteiger partial charge in [-0.3, -0.25) is 4.18 Å². The lowest BCUT2D eigenvalue weighted by Gasteiger charge is -2.06. The van der Waals surface area contributed by atoms with Crippen LogP contribution in [0.2, 0.25) is 0 Å². The average molecular weight is 280 g/mol. The maximum atomic E-state index is 11.9. The van der Waals surface area contributed by atoms with E-state index in [0.29, 0.717) is 0 Å². The van der Waals surface area contributed by atoms with E-state index in [9.17, 15) is 8.42 Å². The summed E-state index contributed by atoms with van der Waals surface area (Å²) in [5.41, 5.74) is 1.91. The molecule has 0 heterocycles. The van der Waals surface area contributed by atoms with E-state index in [1.807, 2.05) is 26.0 Å². The molecular weight excluding hydrogens is 260 g/mol. The first-order valence-electron chi connectivity index (χ1n) is 6.18. The Balaban J connectivity index is 2.63. The zero-order valence-corrected chi connectivity index (χ0v) is 12.2. The van der Waals surface area contributed by atoms with Gasteiger partial charge in [0.05, 0.1) is 11.5 Å². The van der Waals surface area contributed by atoms with Crippen LogP contribution in [0, 0.1) is 6.92 Å². The highest BCUT2D eigenvalue weighted by Gasteiger charge is 2.14. The second kappa shape index (κ2) is 7.26. The van der Waals surface area contributed by atoms with E-state index in [1.54, 1.807) is 24.3 Å². The van der Waals surface area contributed by atoms with Crippen molar-refractivity contribution in [2.45, 2.75) is 31.6 Å². The van der Waals surface area contributed by atoms with E-state index in [-0.39, 0.29) is 11.5 Å². The number of allylic oxidation sites excluding steroid dienone is 2. The quantitative estimate of drug-likeness (QED) is 0.435. The highest BCUT2D eigenvalue weighted by atomic mass is 32.2. The lowest BCUT2D eigenvalue weighted by Crippen LogP contribution is -2.08. The highest BCUT2D eigenvalue weighted by molar-refractivity contribution is 7.86. The fourth-order valence-corrected chi connectivity index (χ4v) is 2.40. The molecule has 4 heteroatoms. The molecule has 0 saturated carbocycles. The van der Waals surface area contributed by atoms with Crippen molar-refractivity contribution in [1.29, 1.82) is 0 Å². The van der Waals surface area contributed by atoms with E-state index in [0.717, 1.165) is 24.0 Å². The molecule has 0 aromatic heterocycles. The molecule has 0 unspecified atom stereocenters. The summed E-state index contributed by atoms with van der Waals surface area (Å²) >= 11 is 0. The van der Waals surface area contributed by atoms with Crippen molar-refractivity contribution in [3.8, 4) is 0 Å². The maximum absolute atomic E-state index is 11.9. The smallest absolute Gasteiger partial charge is 0.262 e. The van der Waals surface area contributed by atoms with Crippen LogP contribution in [0.1, 0.15) is 25.3 Å². The maximum Gasteiger partial charge on any atom is 0.297 e. The number of hydrogen-bond acceptors (Lipinski definition) is 3. The third kappa shape index (κ3) is 5.41. The van der Waals surface area contributed by atoms with Gasteiger partial charge in [-0.25, -0.2) is 0 Å². The standard InChI is InChI=1S/C15H20O3S/c1-4-5-6-7-14(3)12-18-19(16,17)15-10-8-13(2)9-11-15/h4,7-11H,1,5-6,12H2,2-3H3. The molecule has 0 radical (unpaired) electrons. The van der Waals surface area contributed by atoms with Crippen molar-refractivity contribution in [3.05, 3.63) is 54.1 Å².